The van der Waals surface area contributed by atoms with Gasteiger partial charge in [0, 0.05) is 22.1 Å². The van der Waals surface area contributed by atoms with Gasteiger partial charge in [0.2, 0.25) is 5.91 Å². The van der Waals surface area contributed by atoms with Crippen LogP contribution in [0.2, 0.25) is 5.02 Å². The molecule has 0 bridgehead atoms. The van der Waals surface area contributed by atoms with Gasteiger partial charge in [-0.25, -0.2) is 0 Å². The molecule has 3 amide bonds. The minimum absolute atomic E-state index is 0.0520. The summed E-state index contributed by atoms with van der Waals surface area (Å²) < 4.78 is 16.3. The van der Waals surface area contributed by atoms with Crippen LogP contribution in [0.4, 0.5) is 4.48 Å². The molecule has 2 fully saturated rings. The summed E-state index contributed by atoms with van der Waals surface area (Å²) in [5, 5.41) is 5.39. The number of fused-ring (bicyclic) bond motifs is 2. The second-order valence-corrected chi connectivity index (χ2v) is 9.66. The number of nitrogens with two attached hydrogens (primary N) is 1. The Balaban J connectivity index is 1.39. The molecule has 2 aromatic heterocycles. The number of halogens is 2. The molecule has 3 aromatic rings. The molecule has 1 aromatic carbocycles. The number of rotatable bonds is 6. The van der Waals surface area contributed by atoms with Crippen molar-refractivity contribution in [2.75, 3.05) is 0 Å². The Hall–Kier alpha value is -3.53. The first kappa shape index (κ1) is 23.2. The van der Waals surface area contributed by atoms with Crippen LogP contribution in [0.3, 0.4) is 0 Å². The number of amides is 3. The van der Waals surface area contributed by atoms with E-state index in [4.69, 9.17) is 17.3 Å². The molecular weight excluding hydrogens is 475 g/mol. The number of aryl methyl sites for hydroxylation is 2. The van der Waals surface area contributed by atoms with Gasteiger partial charge in [-0.05, 0) is 56.4 Å². The number of nitrogens with zero attached hydrogens (tertiary/aromatic N) is 5. The first-order valence-electron chi connectivity index (χ1n) is 11.3. The second kappa shape index (κ2) is 8.60. The number of hydrogen-bond acceptors (Lipinski definition) is 5. The summed E-state index contributed by atoms with van der Waals surface area (Å²) in [6.45, 7) is 3.07. The zero-order valence-electron chi connectivity index (χ0n) is 19.2. The maximum Gasteiger partial charge on any atom is 0.273 e. The fourth-order valence-corrected chi connectivity index (χ4v) is 5.34. The highest BCUT2D eigenvalue weighted by Crippen LogP contribution is 2.48. The number of primary amides is 1. The van der Waals surface area contributed by atoms with Crippen molar-refractivity contribution in [2.24, 2.45) is 11.7 Å². The van der Waals surface area contributed by atoms with Gasteiger partial charge in [0.25, 0.3) is 11.8 Å². The average Bonchev–Trinajstić information content (AvgIpc) is 3.28. The van der Waals surface area contributed by atoms with Gasteiger partial charge in [0.1, 0.15) is 12.6 Å². The Morgan fingerprint density at radius 3 is 2.71 bits per heavy atom. The predicted octanol–water partition coefficient (Wildman–Crippen LogP) is 2.70. The normalized spacial score (nSPS) is 20.7. The topological polar surface area (TPSA) is 114 Å². The summed E-state index contributed by atoms with van der Waals surface area (Å²) >= 11 is 5.96. The first-order valence-corrected chi connectivity index (χ1v) is 11.7. The number of piperidine rings is 1. The third kappa shape index (κ3) is 4.22. The molecular formula is C24H24ClFN6O3. The van der Waals surface area contributed by atoms with Crippen molar-refractivity contribution in [3.8, 4) is 0 Å². The van der Waals surface area contributed by atoms with E-state index in [1.54, 1.807) is 44.2 Å². The minimum Gasteiger partial charge on any atom is -0.364 e. The third-order valence-corrected chi connectivity index (χ3v) is 6.91. The van der Waals surface area contributed by atoms with Gasteiger partial charge in [-0.2, -0.15) is 10.2 Å². The molecule has 1 saturated carbocycles. The molecule has 1 saturated heterocycles. The number of pyridine rings is 1. The van der Waals surface area contributed by atoms with Crippen molar-refractivity contribution in [2.45, 2.75) is 51.9 Å². The number of benzene rings is 1. The lowest BCUT2D eigenvalue weighted by atomic mass is 10.1. The Labute approximate surface area is 205 Å². The highest BCUT2D eigenvalue weighted by atomic mass is 35.5. The maximum atomic E-state index is 14.9. The summed E-state index contributed by atoms with van der Waals surface area (Å²) in [5.41, 5.74) is 7.93. The molecule has 2 aliphatic rings. The second-order valence-electron chi connectivity index (χ2n) is 9.22. The van der Waals surface area contributed by atoms with Gasteiger partial charge >= 0.3 is 0 Å². The molecule has 0 radical (unpaired) electrons. The molecule has 2 N–H and O–H groups in total. The predicted molar refractivity (Wildman–Crippen MR) is 126 cm³/mol. The van der Waals surface area contributed by atoms with Crippen molar-refractivity contribution in [3.05, 3.63) is 58.0 Å². The highest BCUT2D eigenvalue weighted by molar-refractivity contribution is 6.30. The molecule has 35 heavy (non-hydrogen) atoms. The monoisotopic (exact) mass is 498 g/mol. The summed E-state index contributed by atoms with van der Waals surface area (Å²) in [4.78, 5) is 44.3. The summed E-state index contributed by atoms with van der Waals surface area (Å²) in [6, 6.07) is 7.33. The number of likely N-dealkylation sites (tertiary alicyclic amines) is 1. The molecule has 0 unspecified atom stereocenters. The van der Waals surface area contributed by atoms with E-state index in [9.17, 15) is 18.9 Å². The highest BCUT2D eigenvalue weighted by Gasteiger charge is 2.56. The quantitative estimate of drug-likeness (QED) is 0.525. The van der Waals surface area contributed by atoms with Gasteiger partial charge in [-0.15, -0.1) is 0 Å². The number of aromatic nitrogens is 3. The van der Waals surface area contributed by atoms with E-state index in [0.717, 1.165) is 6.42 Å². The molecule has 3 atom stereocenters. The van der Waals surface area contributed by atoms with Crippen molar-refractivity contribution in [1.29, 1.82) is 0 Å². The molecule has 0 spiro atoms. The van der Waals surface area contributed by atoms with E-state index in [1.807, 2.05) is 0 Å². The van der Waals surface area contributed by atoms with E-state index in [2.05, 4.69) is 10.1 Å². The van der Waals surface area contributed by atoms with E-state index in [0.29, 0.717) is 39.3 Å². The van der Waals surface area contributed by atoms with Crippen molar-refractivity contribution in [3.63, 3.8) is 0 Å². The van der Waals surface area contributed by atoms with E-state index in [-0.39, 0.29) is 41.8 Å². The number of hydrogen-bond donors (Lipinski definition) is 1. The van der Waals surface area contributed by atoms with Crippen LogP contribution in [0.25, 0.3) is 10.9 Å². The van der Waals surface area contributed by atoms with Crippen LogP contribution in [0, 0.1) is 19.8 Å². The smallest absolute Gasteiger partial charge is 0.273 e. The van der Waals surface area contributed by atoms with Gasteiger partial charge < -0.3 is 10.6 Å². The van der Waals surface area contributed by atoms with Crippen LogP contribution in [-0.4, -0.2) is 54.6 Å². The average molecular weight is 499 g/mol. The SMILES string of the molecule is Cc1cc2c(C(N)=O)nn(CC(=O)N3[C@@H]4C[C@@H]4C[C@H]3C(=O)N(F)Cc3cccc(Cl)c3)c2c(C)n1. The number of carbonyl (C=O) groups is 3. The van der Waals surface area contributed by atoms with Crippen molar-refractivity contribution >= 4 is 40.2 Å². The lowest BCUT2D eigenvalue weighted by Crippen LogP contribution is -2.48. The van der Waals surface area contributed by atoms with Gasteiger partial charge in [-0.3, -0.25) is 24.0 Å². The lowest BCUT2D eigenvalue weighted by Gasteiger charge is -2.28. The zero-order chi connectivity index (χ0) is 25.0. The summed E-state index contributed by atoms with van der Waals surface area (Å²) in [6.07, 6.45) is 1.19. The third-order valence-electron chi connectivity index (χ3n) is 6.67. The fraction of sp³-hybridized carbons (Fsp3) is 0.375. The van der Waals surface area contributed by atoms with E-state index in [1.165, 1.54) is 9.58 Å². The van der Waals surface area contributed by atoms with Crippen LogP contribution in [0.5, 0.6) is 0 Å². The molecule has 9 nitrogen and oxygen atoms in total. The first-order chi connectivity index (χ1) is 16.6. The van der Waals surface area contributed by atoms with E-state index < -0.39 is 17.9 Å². The fourth-order valence-electron chi connectivity index (χ4n) is 5.13. The standard InChI is InChI=1S/C24H24ClFN6O3/c1-12-6-17-21(23(27)34)29-31(22(17)13(2)28-12)11-20(33)32-18-8-15(18)9-19(32)24(35)30(26)10-14-4-3-5-16(25)7-14/h3-7,15,18-19H,8-11H2,1-2H3,(H2,27,34)/t15-,18-,19+/m1/s1. The Morgan fingerprint density at radius 2 is 2.00 bits per heavy atom. The maximum absolute atomic E-state index is 14.9. The Morgan fingerprint density at radius 1 is 1.23 bits per heavy atom. The van der Waals surface area contributed by atoms with Crippen LogP contribution >= 0.6 is 11.6 Å². The molecule has 182 valence electrons. The summed E-state index contributed by atoms with van der Waals surface area (Å²) in [7, 11) is 0. The van der Waals surface area contributed by atoms with Crippen LogP contribution in [0.1, 0.15) is 40.3 Å². The van der Waals surface area contributed by atoms with E-state index >= 15 is 0 Å². The molecule has 1 aliphatic heterocycles. The lowest BCUT2D eigenvalue weighted by molar-refractivity contribution is -0.157. The van der Waals surface area contributed by atoms with Crippen LogP contribution in [-0.2, 0) is 22.7 Å². The van der Waals surface area contributed by atoms with Gasteiger partial charge in [0.05, 0.1) is 17.8 Å². The molecule has 1 aliphatic carbocycles. The van der Waals surface area contributed by atoms with Crippen LogP contribution in [0.15, 0.2) is 30.3 Å². The van der Waals surface area contributed by atoms with Crippen LogP contribution < -0.4 is 5.73 Å². The van der Waals surface area contributed by atoms with Gasteiger partial charge in [-0.1, -0.05) is 28.2 Å². The Kier molecular flexibility index (Phi) is 5.71. The summed E-state index contributed by atoms with van der Waals surface area (Å²) in [5.74, 6) is -1.67. The van der Waals surface area contributed by atoms with Crippen molar-refractivity contribution < 1.29 is 18.9 Å². The minimum atomic E-state index is -0.894. The Bertz CT molecular complexity index is 1370. The number of carbonyl (C=O) groups excluding carboxylic acids is 3. The molecule has 11 heteroatoms. The largest absolute Gasteiger partial charge is 0.364 e. The van der Waals surface area contributed by atoms with Gasteiger partial charge in [0.15, 0.2) is 5.69 Å². The molecule has 3 heterocycles. The molecule has 5 rings (SSSR count). The zero-order valence-corrected chi connectivity index (χ0v) is 20.0. The van der Waals surface area contributed by atoms with Crippen molar-refractivity contribution in [1.82, 2.24) is 24.8 Å².